The van der Waals surface area contributed by atoms with E-state index in [0.29, 0.717) is 0 Å². The maximum absolute atomic E-state index is 14.8. The Morgan fingerprint density at radius 1 is 0.466 bits per heavy atom. The van der Waals surface area contributed by atoms with E-state index >= 15 is 0 Å². The van der Waals surface area contributed by atoms with Gasteiger partial charge in [-0.2, -0.15) is 0 Å². The van der Waals surface area contributed by atoms with Crippen LogP contribution in [0.4, 0.5) is 55.6 Å². The highest BCUT2D eigenvalue weighted by Crippen LogP contribution is 2.49. The Morgan fingerprint density at radius 3 is 1.40 bits per heavy atom. The van der Waals surface area contributed by atoms with Crippen LogP contribution in [0.3, 0.4) is 0 Å². The van der Waals surface area contributed by atoms with Gasteiger partial charge in [-0.25, -0.2) is 4.39 Å². The lowest BCUT2D eigenvalue weighted by Gasteiger charge is -2.50. The zero-order chi connectivity index (χ0) is 40.3. The second kappa shape index (κ2) is 12.8. The van der Waals surface area contributed by atoms with Crippen molar-refractivity contribution in [2.24, 2.45) is 0 Å². The van der Waals surface area contributed by atoms with Gasteiger partial charge in [-0.3, -0.25) is 0 Å². The number of benzene rings is 7. The Morgan fingerprint density at radius 2 is 0.931 bits per heavy atom. The number of para-hydroxylation sites is 2. The van der Waals surface area contributed by atoms with Gasteiger partial charge in [0, 0.05) is 45.5 Å². The summed E-state index contributed by atoms with van der Waals surface area (Å²) < 4.78 is 14.8. The fourth-order valence-electron chi connectivity index (χ4n) is 9.79. The molecule has 0 aliphatic carbocycles. The van der Waals surface area contributed by atoms with Crippen LogP contribution >= 0.6 is 0 Å². The standard InChI is InChI=1S/C52H49BFN3Si/c1-51(2,3)34-29-35(52(4,5)6)31-40(30-34)57-43-22-16-24-47-50(43)53-48-44(32-41(33-45(48)57)55(37-17-11-9-12-18-37)38-19-13-10-14-20-38)56(39-27-25-36(54)26-28-39)42-21-15-23-46(49(42)53)58(47,7)8/h9-33H,1-8H3. The molecule has 0 spiro atoms. The van der Waals surface area contributed by atoms with Gasteiger partial charge in [0.15, 0.2) is 0 Å². The lowest BCUT2D eigenvalue weighted by atomic mass is 9.33. The Kier molecular flexibility index (Phi) is 8.07. The lowest BCUT2D eigenvalue weighted by Crippen LogP contribution is -2.79. The predicted octanol–water partition coefficient (Wildman–Crippen LogP) is 11.1. The fourth-order valence-corrected chi connectivity index (χ4v) is 13.0. The van der Waals surface area contributed by atoms with Crippen LogP contribution in [0.2, 0.25) is 13.1 Å². The van der Waals surface area contributed by atoms with Crippen molar-refractivity contribution < 1.29 is 4.39 Å². The predicted molar refractivity (Wildman–Crippen MR) is 249 cm³/mol. The summed E-state index contributed by atoms with van der Waals surface area (Å²) in [4.78, 5) is 7.38. The van der Waals surface area contributed by atoms with Gasteiger partial charge in [0.05, 0.1) is 5.69 Å². The highest BCUT2D eigenvalue weighted by atomic mass is 28.3. The maximum atomic E-state index is 14.8. The normalized spacial score (nSPS) is 14.7. The third-order valence-corrected chi connectivity index (χ3v) is 16.3. The highest BCUT2D eigenvalue weighted by molar-refractivity contribution is 7.16. The van der Waals surface area contributed by atoms with E-state index in [1.807, 2.05) is 12.1 Å². The first-order valence-electron chi connectivity index (χ1n) is 20.6. The molecule has 0 saturated carbocycles. The second-order valence-electron chi connectivity index (χ2n) is 18.9. The molecule has 0 saturated heterocycles. The number of nitrogens with zero attached hydrogens (tertiary/aromatic N) is 3. The van der Waals surface area contributed by atoms with E-state index in [1.54, 1.807) is 12.1 Å². The monoisotopic (exact) mass is 773 g/mol. The molecule has 3 aliphatic rings. The molecule has 0 aromatic heterocycles. The minimum Gasteiger partial charge on any atom is -0.311 e. The van der Waals surface area contributed by atoms with Gasteiger partial charge in [0.2, 0.25) is 0 Å². The molecule has 3 aliphatic heterocycles. The number of anilines is 9. The first-order valence-corrected chi connectivity index (χ1v) is 23.6. The summed E-state index contributed by atoms with van der Waals surface area (Å²) in [5.41, 5.74) is 16.7. The van der Waals surface area contributed by atoms with E-state index in [2.05, 4.69) is 197 Å². The minimum absolute atomic E-state index is 0.0414. The third-order valence-electron chi connectivity index (χ3n) is 12.7. The van der Waals surface area contributed by atoms with Gasteiger partial charge in [-0.15, -0.1) is 0 Å². The minimum atomic E-state index is -2.20. The number of rotatable bonds is 5. The highest BCUT2D eigenvalue weighted by Gasteiger charge is 2.52. The van der Waals surface area contributed by atoms with E-state index in [9.17, 15) is 4.39 Å². The molecule has 58 heavy (non-hydrogen) atoms. The van der Waals surface area contributed by atoms with Crippen molar-refractivity contribution in [3.63, 3.8) is 0 Å². The van der Waals surface area contributed by atoms with Crippen LogP contribution in [0, 0.1) is 5.82 Å². The Balaban J connectivity index is 1.37. The molecule has 6 heteroatoms. The summed E-state index contributed by atoms with van der Waals surface area (Å²) in [6, 6.07) is 54.5. The molecule has 0 unspecified atom stereocenters. The summed E-state index contributed by atoms with van der Waals surface area (Å²) in [6.07, 6.45) is 0. The molecular formula is C52H49BFN3Si. The maximum Gasteiger partial charge on any atom is 0.251 e. The van der Waals surface area contributed by atoms with Gasteiger partial charge < -0.3 is 14.7 Å². The van der Waals surface area contributed by atoms with Gasteiger partial charge in [0.25, 0.3) is 6.71 Å². The summed E-state index contributed by atoms with van der Waals surface area (Å²) in [5.74, 6) is -0.240. The third kappa shape index (κ3) is 5.52. The van der Waals surface area contributed by atoms with Crippen molar-refractivity contribution in [1.29, 1.82) is 0 Å². The molecule has 286 valence electrons. The summed E-state index contributed by atoms with van der Waals surface area (Å²) in [6.45, 7) is 19.0. The van der Waals surface area contributed by atoms with Crippen molar-refractivity contribution in [2.45, 2.75) is 65.5 Å². The van der Waals surface area contributed by atoms with Crippen LogP contribution in [-0.4, -0.2) is 14.8 Å². The van der Waals surface area contributed by atoms with E-state index in [1.165, 1.54) is 60.6 Å². The van der Waals surface area contributed by atoms with Crippen LogP contribution in [0.1, 0.15) is 52.7 Å². The van der Waals surface area contributed by atoms with Crippen LogP contribution in [0.5, 0.6) is 0 Å². The fraction of sp³-hybridized carbons (Fsp3) is 0.192. The van der Waals surface area contributed by atoms with Crippen LogP contribution in [0.15, 0.2) is 152 Å². The quantitative estimate of drug-likeness (QED) is 0.161. The largest absolute Gasteiger partial charge is 0.311 e. The second-order valence-corrected chi connectivity index (χ2v) is 23.2. The first-order chi connectivity index (χ1) is 27.7. The SMILES string of the molecule is CC(C)(C)c1cc(N2c3cc(N(c4ccccc4)c4ccccc4)cc4c3B3c5c(cccc5[Si](C)(C)c5cccc2c53)N4c2ccc(F)cc2)cc(C(C)(C)C)c1. The average molecular weight is 774 g/mol. The first kappa shape index (κ1) is 36.5. The molecule has 7 aromatic carbocycles. The molecule has 10 rings (SSSR count). The molecule has 0 fully saturated rings. The van der Waals surface area contributed by atoms with Crippen LogP contribution < -0.4 is 41.5 Å². The smallest absolute Gasteiger partial charge is 0.251 e. The Labute approximate surface area is 344 Å². The van der Waals surface area contributed by atoms with E-state index in [0.717, 1.165) is 28.4 Å². The zero-order valence-electron chi connectivity index (χ0n) is 34.7. The van der Waals surface area contributed by atoms with E-state index in [-0.39, 0.29) is 23.4 Å². The summed E-state index contributed by atoms with van der Waals surface area (Å²) >= 11 is 0. The number of hydrogen-bond donors (Lipinski definition) is 0. The van der Waals surface area contributed by atoms with Crippen molar-refractivity contribution in [3.8, 4) is 0 Å². The number of halogens is 1. The van der Waals surface area contributed by atoms with Crippen molar-refractivity contribution >= 4 is 92.7 Å². The molecule has 0 atom stereocenters. The van der Waals surface area contributed by atoms with Crippen molar-refractivity contribution in [2.75, 3.05) is 14.7 Å². The summed E-state index contributed by atoms with van der Waals surface area (Å²) in [7, 11) is -2.20. The zero-order valence-corrected chi connectivity index (χ0v) is 35.7. The molecule has 0 radical (unpaired) electrons. The summed E-state index contributed by atoms with van der Waals surface area (Å²) in [5, 5.41) is 2.97. The van der Waals surface area contributed by atoms with Gasteiger partial charge in [-0.1, -0.05) is 132 Å². The van der Waals surface area contributed by atoms with Gasteiger partial charge in [0.1, 0.15) is 13.9 Å². The van der Waals surface area contributed by atoms with Gasteiger partial charge >= 0.3 is 0 Å². The molecule has 0 bridgehead atoms. The van der Waals surface area contributed by atoms with Crippen molar-refractivity contribution in [1.82, 2.24) is 0 Å². The van der Waals surface area contributed by atoms with Gasteiger partial charge in [-0.05, 0) is 123 Å². The van der Waals surface area contributed by atoms with Crippen molar-refractivity contribution in [3.05, 3.63) is 169 Å². The molecule has 3 nitrogen and oxygen atoms in total. The van der Waals surface area contributed by atoms with E-state index in [4.69, 9.17) is 0 Å². The average Bonchev–Trinajstić information content (AvgIpc) is 3.20. The molecule has 0 amide bonds. The Bertz CT molecular complexity index is 2680. The molecule has 0 N–H and O–H groups in total. The molecule has 3 heterocycles. The lowest BCUT2D eigenvalue weighted by molar-refractivity contribution is 0.569. The molecule has 7 aromatic rings. The van der Waals surface area contributed by atoms with Crippen LogP contribution in [0.25, 0.3) is 0 Å². The topological polar surface area (TPSA) is 9.72 Å². The van der Waals surface area contributed by atoms with Crippen LogP contribution in [-0.2, 0) is 10.8 Å². The molecular weight excluding hydrogens is 724 g/mol. The Hall–Kier alpha value is -5.85. The number of hydrogen-bond acceptors (Lipinski definition) is 3. The van der Waals surface area contributed by atoms with E-state index < -0.39 is 8.07 Å².